The number of aromatic nitrogens is 3. The third-order valence-electron chi connectivity index (χ3n) is 1.87. The third-order valence-corrected chi connectivity index (χ3v) is 2.70. The van der Waals surface area contributed by atoms with Crippen LogP contribution < -0.4 is 5.73 Å². The second-order valence-corrected chi connectivity index (χ2v) is 4.02. The SMILES string of the molecule is Nc1c(I)cnn1Cc1ccccn1. The average Bonchev–Trinajstić information content (AvgIpc) is 2.52. The van der Waals surface area contributed by atoms with Crippen LogP contribution in [0, 0.1) is 3.57 Å². The van der Waals surface area contributed by atoms with Crippen molar-refractivity contribution in [2.24, 2.45) is 0 Å². The number of nitrogens with zero attached hydrogens (tertiary/aromatic N) is 3. The fraction of sp³-hybridized carbons (Fsp3) is 0.111. The van der Waals surface area contributed by atoms with E-state index in [1.165, 1.54) is 0 Å². The summed E-state index contributed by atoms with van der Waals surface area (Å²) in [5.74, 6) is 0.691. The molecule has 0 unspecified atom stereocenters. The molecule has 0 aromatic carbocycles. The maximum Gasteiger partial charge on any atom is 0.135 e. The van der Waals surface area contributed by atoms with Gasteiger partial charge in [-0.2, -0.15) is 5.10 Å². The van der Waals surface area contributed by atoms with Gasteiger partial charge in [0.2, 0.25) is 0 Å². The quantitative estimate of drug-likeness (QED) is 0.855. The van der Waals surface area contributed by atoms with E-state index in [4.69, 9.17) is 5.73 Å². The van der Waals surface area contributed by atoms with Gasteiger partial charge < -0.3 is 5.73 Å². The Bertz CT molecular complexity index is 424. The lowest BCUT2D eigenvalue weighted by Crippen LogP contribution is -2.07. The van der Waals surface area contributed by atoms with E-state index in [9.17, 15) is 0 Å². The van der Waals surface area contributed by atoms with Gasteiger partial charge in [-0.15, -0.1) is 0 Å². The first-order valence-electron chi connectivity index (χ1n) is 4.14. The number of halogens is 1. The van der Waals surface area contributed by atoms with Crippen LogP contribution in [0.1, 0.15) is 5.69 Å². The number of rotatable bonds is 2. The van der Waals surface area contributed by atoms with Crippen LogP contribution in [0.3, 0.4) is 0 Å². The molecule has 2 aromatic heterocycles. The first-order chi connectivity index (χ1) is 6.77. The summed E-state index contributed by atoms with van der Waals surface area (Å²) >= 11 is 2.16. The third kappa shape index (κ3) is 1.87. The Balaban J connectivity index is 2.23. The van der Waals surface area contributed by atoms with Crippen LogP contribution in [-0.2, 0) is 6.54 Å². The first-order valence-corrected chi connectivity index (χ1v) is 5.22. The summed E-state index contributed by atoms with van der Waals surface area (Å²) in [6.07, 6.45) is 3.51. The van der Waals surface area contributed by atoms with Crippen LogP contribution in [0.25, 0.3) is 0 Å². The fourth-order valence-electron chi connectivity index (χ4n) is 1.14. The second-order valence-electron chi connectivity index (χ2n) is 2.86. The molecule has 2 heterocycles. The van der Waals surface area contributed by atoms with Gasteiger partial charge >= 0.3 is 0 Å². The second kappa shape index (κ2) is 3.95. The molecule has 2 aromatic rings. The molecule has 0 saturated carbocycles. The summed E-state index contributed by atoms with van der Waals surface area (Å²) in [5.41, 5.74) is 6.77. The standard InChI is InChI=1S/C9H9IN4/c10-8-5-13-14(9(8)11)6-7-3-1-2-4-12-7/h1-5H,6,11H2. The van der Waals surface area contributed by atoms with Crippen molar-refractivity contribution < 1.29 is 0 Å². The largest absolute Gasteiger partial charge is 0.383 e. The summed E-state index contributed by atoms with van der Waals surface area (Å²) in [4.78, 5) is 4.21. The van der Waals surface area contributed by atoms with Gasteiger partial charge in [-0.1, -0.05) is 6.07 Å². The van der Waals surface area contributed by atoms with Crippen LogP contribution >= 0.6 is 22.6 Å². The van der Waals surface area contributed by atoms with Crippen molar-refractivity contribution in [3.8, 4) is 0 Å². The molecule has 2 rings (SSSR count). The van der Waals surface area contributed by atoms with Crippen LogP contribution in [-0.4, -0.2) is 14.8 Å². The Labute approximate surface area is 95.3 Å². The maximum atomic E-state index is 5.82. The lowest BCUT2D eigenvalue weighted by molar-refractivity contribution is 0.682. The molecule has 0 bridgehead atoms. The van der Waals surface area contributed by atoms with Crippen molar-refractivity contribution in [1.82, 2.24) is 14.8 Å². The smallest absolute Gasteiger partial charge is 0.135 e. The van der Waals surface area contributed by atoms with E-state index in [1.54, 1.807) is 17.1 Å². The Morgan fingerprint density at radius 1 is 1.43 bits per heavy atom. The molecule has 0 fully saturated rings. The zero-order valence-electron chi connectivity index (χ0n) is 7.39. The lowest BCUT2D eigenvalue weighted by atomic mass is 10.3. The lowest BCUT2D eigenvalue weighted by Gasteiger charge is -2.02. The number of hydrogen-bond donors (Lipinski definition) is 1. The van der Waals surface area contributed by atoms with E-state index < -0.39 is 0 Å². The Hall–Kier alpha value is -1.11. The van der Waals surface area contributed by atoms with E-state index in [2.05, 4.69) is 32.7 Å². The molecular formula is C9H9IN4. The van der Waals surface area contributed by atoms with Crippen LogP contribution in [0.2, 0.25) is 0 Å². The molecule has 5 heteroatoms. The minimum atomic E-state index is 0.621. The molecular weight excluding hydrogens is 291 g/mol. The van der Waals surface area contributed by atoms with Crippen molar-refractivity contribution in [3.05, 3.63) is 39.9 Å². The summed E-state index contributed by atoms with van der Waals surface area (Å²) in [6.45, 7) is 0.621. The van der Waals surface area contributed by atoms with Gasteiger partial charge in [-0.25, -0.2) is 4.68 Å². The molecule has 72 valence electrons. The summed E-state index contributed by atoms with van der Waals surface area (Å²) in [5, 5.41) is 4.15. The molecule has 0 aliphatic carbocycles. The Kier molecular flexibility index (Phi) is 2.67. The predicted molar refractivity (Wildman–Crippen MR) is 62.7 cm³/mol. The van der Waals surface area contributed by atoms with Gasteiger partial charge in [0.25, 0.3) is 0 Å². The molecule has 14 heavy (non-hydrogen) atoms. The number of nitrogen functional groups attached to an aromatic ring is 1. The molecule has 0 saturated heterocycles. The molecule has 0 radical (unpaired) electrons. The molecule has 0 aliphatic rings. The first kappa shape index (κ1) is 9.45. The highest BCUT2D eigenvalue weighted by atomic mass is 127. The van der Waals surface area contributed by atoms with Crippen molar-refractivity contribution in [2.75, 3.05) is 5.73 Å². The molecule has 4 nitrogen and oxygen atoms in total. The van der Waals surface area contributed by atoms with E-state index in [0.717, 1.165) is 9.26 Å². The van der Waals surface area contributed by atoms with Crippen LogP contribution in [0.5, 0.6) is 0 Å². The van der Waals surface area contributed by atoms with Gasteiger partial charge in [-0.3, -0.25) is 4.98 Å². The molecule has 2 N–H and O–H groups in total. The minimum Gasteiger partial charge on any atom is -0.383 e. The highest BCUT2D eigenvalue weighted by Crippen LogP contribution is 2.13. The highest BCUT2D eigenvalue weighted by molar-refractivity contribution is 14.1. The Morgan fingerprint density at radius 3 is 2.86 bits per heavy atom. The zero-order chi connectivity index (χ0) is 9.97. The number of nitrogens with two attached hydrogens (primary N) is 1. The van der Waals surface area contributed by atoms with E-state index in [1.807, 2.05) is 18.2 Å². The van der Waals surface area contributed by atoms with Gasteiger partial charge in [0.15, 0.2) is 0 Å². The van der Waals surface area contributed by atoms with Gasteiger partial charge in [0, 0.05) is 6.20 Å². The normalized spacial score (nSPS) is 10.4. The van der Waals surface area contributed by atoms with Crippen molar-refractivity contribution in [2.45, 2.75) is 6.54 Å². The van der Waals surface area contributed by atoms with E-state index >= 15 is 0 Å². The molecule has 0 spiro atoms. The average molecular weight is 300 g/mol. The maximum absolute atomic E-state index is 5.82. The summed E-state index contributed by atoms with van der Waals surface area (Å²) in [6, 6.07) is 5.79. The topological polar surface area (TPSA) is 56.7 Å². The van der Waals surface area contributed by atoms with Gasteiger partial charge in [-0.05, 0) is 34.7 Å². The summed E-state index contributed by atoms with van der Waals surface area (Å²) in [7, 11) is 0. The van der Waals surface area contributed by atoms with Gasteiger partial charge in [0.05, 0.1) is 22.0 Å². The molecule has 0 aliphatic heterocycles. The fourth-order valence-corrected chi connectivity index (χ4v) is 1.55. The van der Waals surface area contributed by atoms with Crippen molar-refractivity contribution >= 4 is 28.4 Å². The zero-order valence-corrected chi connectivity index (χ0v) is 9.55. The number of hydrogen-bond acceptors (Lipinski definition) is 3. The van der Waals surface area contributed by atoms with Gasteiger partial charge in [0.1, 0.15) is 5.82 Å². The predicted octanol–water partition coefficient (Wildman–Crippen LogP) is 1.51. The minimum absolute atomic E-state index is 0.621. The van der Waals surface area contributed by atoms with E-state index in [0.29, 0.717) is 12.4 Å². The van der Waals surface area contributed by atoms with Crippen LogP contribution in [0.4, 0.5) is 5.82 Å². The van der Waals surface area contributed by atoms with Crippen LogP contribution in [0.15, 0.2) is 30.6 Å². The molecule has 0 atom stereocenters. The summed E-state index contributed by atoms with van der Waals surface area (Å²) < 4.78 is 2.71. The van der Waals surface area contributed by atoms with Crippen molar-refractivity contribution in [3.63, 3.8) is 0 Å². The van der Waals surface area contributed by atoms with Crippen molar-refractivity contribution in [1.29, 1.82) is 0 Å². The van der Waals surface area contributed by atoms with E-state index in [-0.39, 0.29) is 0 Å². The number of anilines is 1. The number of pyridine rings is 1. The Morgan fingerprint density at radius 2 is 2.29 bits per heavy atom. The molecule has 0 amide bonds. The monoisotopic (exact) mass is 300 g/mol. The highest BCUT2D eigenvalue weighted by Gasteiger charge is 2.04.